The van der Waals surface area contributed by atoms with Gasteiger partial charge in [-0.15, -0.1) is 0 Å². The summed E-state index contributed by atoms with van der Waals surface area (Å²) in [7, 11) is 1.72. The summed E-state index contributed by atoms with van der Waals surface area (Å²) >= 11 is 0. The second kappa shape index (κ2) is 9.37. The molecule has 2 atom stereocenters. The van der Waals surface area contributed by atoms with Gasteiger partial charge < -0.3 is 10.1 Å². The number of benzene rings is 1. The van der Waals surface area contributed by atoms with Crippen LogP contribution in [0, 0.1) is 0 Å². The molecule has 154 valence electrons. The van der Waals surface area contributed by atoms with Crippen LogP contribution in [-0.2, 0) is 11.3 Å². The van der Waals surface area contributed by atoms with E-state index in [1.807, 2.05) is 48.7 Å². The SMILES string of the molecule is CNC(=O)[C@@H]1C[C@H](Oc2ccccc2)CN1C1CCN(Cc2ccccn2)CC1. The Morgan fingerprint density at radius 3 is 2.59 bits per heavy atom. The zero-order chi connectivity index (χ0) is 20.1. The van der Waals surface area contributed by atoms with Crippen molar-refractivity contribution in [3.63, 3.8) is 0 Å². The molecule has 1 aromatic heterocycles. The Morgan fingerprint density at radius 2 is 1.90 bits per heavy atom. The Labute approximate surface area is 172 Å². The van der Waals surface area contributed by atoms with Crippen LogP contribution in [0.3, 0.4) is 0 Å². The standard InChI is InChI=1S/C23H30N4O2/c1-24-23(28)22-15-21(29-20-8-3-2-4-9-20)17-27(22)19-10-13-26(14-11-19)16-18-7-5-6-12-25-18/h2-9,12,19,21-22H,10-11,13-17H2,1H3,(H,24,28)/t21-,22-/m0/s1. The molecule has 2 saturated heterocycles. The van der Waals surface area contributed by atoms with Crippen molar-refractivity contribution in [2.24, 2.45) is 0 Å². The van der Waals surface area contributed by atoms with Gasteiger partial charge in [-0.2, -0.15) is 0 Å². The lowest BCUT2D eigenvalue weighted by atomic mass is 10.0. The molecule has 6 heteroatoms. The normalized spacial score (nSPS) is 23.8. The summed E-state index contributed by atoms with van der Waals surface area (Å²) < 4.78 is 6.18. The molecule has 2 aromatic rings. The first-order valence-electron chi connectivity index (χ1n) is 10.5. The Morgan fingerprint density at radius 1 is 1.14 bits per heavy atom. The molecular formula is C23H30N4O2. The number of amides is 1. The van der Waals surface area contributed by atoms with E-state index in [9.17, 15) is 4.79 Å². The fraction of sp³-hybridized carbons (Fsp3) is 0.478. The van der Waals surface area contributed by atoms with Gasteiger partial charge in [0.1, 0.15) is 11.9 Å². The minimum Gasteiger partial charge on any atom is -0.489 e. The highest BCUT2D eigenvalue weighted by molar-refractivity contribution is 5.81. The van der Waals surface area contributed by atoms with Crippen LogP contribution in [0.15, 0.2) is 54.7 Å². The maximum Gasteiger partial charge on any atom is 0.237 e. The molecule has 1 aromatic carbocycles. The summed E-state index contributed by atoms with van der Waals surface area (Å²) in [6, 6.07) is 16.3. The van der Waals surface area contributed by atoms with Gasteiger partial charge in [0.2, 0.25) is 5.91 Å². The van der Waals surface area contributed by atoms with Gasteiger partial charge in [-0.3, -0.25) is 19.6 Å². The van der Waals surface area contributed by atoms with E-state index in [1.165, 1.54) is 0 Å². The van der Waals surface area contributed by atoms with E-state index in [4.69, 9.17) is 4.74 Å². The molecule has 0 spiro atoms. The number of rotatable bonds is 6. The lowest BCUT2D eigenvalue weighted by Crippen LogP contribution is -2.50. The van der Waals surface area contributed by atoms with Crippen LogP contribution in [0.2, 0.25) is 0 Å². The van der Waals surface area contributed by atoms with Crippen molar-refractivity contribution >= 4 is 5.91 Å². The molecule has 0 unspecified atom stereocenters. The number of hydrogen-bond donors (Lipinski definition) is 1. The van der Waals surface area contributed by atoms with Gasteiger partial charge >= 0.3 is 0 Å². The molecule has 0 aliphatic carbocycles. The maximum absolute atomic E-state index is 12.5. The largest absolute Gasteiger partial charge is 0.489 e. The number of carbonyl (C=O) groups excluding carboxylic acids is 1. The van der Waals surface area contributed by atoms with Gasteiger partial charge in [-0.1, -0.05) is 24.3 Å². The van der Waals surface area contributed by atoms with Gasteiger partial charge in [0.15, 0.2) is 0 Å². The smallest absolute Gasteiger partial charge is 0.237 e. The fourth-order valence-electron chi connectivity index (χ4n) is 4.56. The summed E-state index contributed by atoms with van der Waals surface area (Å²) in [5, 5.41) is 2.85. The highest BCUT2D eigenvalue weighted by atomic mass is 16.5. The number of nitrogens with one attached hydrogen (secondary N) is 1. The number of piperidine rings is 1. The van der Waals surface area contributed by atoms with Crippen molar-refractivity contribution < 1.29 is 9.53 Å². The number of hydrogen-bond acceptors (Lipinski definition) is 5. The van der Waals surface area contributed by atoms with E-state index in [0.29, 0.717) is 6.04 Å². The van der Waals surface area contributed by atoms with Crippen molar-refractivity contribution in [2.45, 2.75) is 44.0 Å². The molecule has 1 N–H and O–H groups in total. The molecular weight excluding hydrogens is 364 g/mol. The van der Waals surface area contributed by atoms with Crippen molar-refractivity contribution in [1.82, 2.24) is 20.1 Å². The number of likely N-dealkylation sites (N-methyl/N-ethyl adjacent to an activating group) is 1. The minimum atomic E-state index is -0.110. The second-order valence-corrected chi connectivity index (χ2v) is 7.94. The summed E-state index contributed by atoms with van der Waals surface area (Å²) in [6.45, 7) is 3.76. The lowest BCUT2D eigenvalue weighted by molar-refractivity contribution is -0.126. The van der Waals surface area contributed by atoms with Crippen LogP contribution in [-0.4, -0.2) is 65.6 Å². The Kier molecular flexibility index (Phi) is 6.42. The van der Waals surface area contributed by atoms with Crippen molar-refractivity contribution in [2.75, 3.05) is 26.7 Å². The fourth-order valence-corrected chi connectivity index (χ4v) is 4.56. The van der Waals surface area contributed by atoms with Crippen LogP contribution >= 0.6 is 0 Å². The number of para-hydroxylation sites is 1. The van der Waals surface area contributed by atoms with Gasteiger partial charge in [0.25, 0.3) is 0 Å². The maximum atomic E-state index is 12.5. The number of nitrogens with zero attached hydrogens (tertiary/aromatic N) is 3. The first kappa shape index (κ1) is 19.9. The number of carbonyl (C=O) groups is 1. The Balaban J connectivity index is 1.36. The monoisotopic (exact) mass is 394 g/mol. The number of ether oxygens (including phenoxy) is 1. The third-order valence-corrected chi connectivity index (χ3v) is 6.03. The van der Waals surface area contributed by atoms with Crippen molar-refractivity contribution in [3.8, 4) is 5.75 Å². The second-order valence-electron chi connectivity index (χ2n) is 7.94. The number of likely N-dealkylation sites (tertiary alicyclic amines) is 2. The zero-order valence-corrected chi connectivity index (χ0v) is 17.0. The van der Waals surface area contributed by atoms with Crippen molar-refractivity contribution in [3.05, 3.63) is 60.4 Å². The molecule has 2 fully saturated rings. The highest BCUT2D eigenvalue weighted by Gasteiger charge is 2.41. The van der Waals surface area contributed by atoms with E-state index in [1.54, 1.807) is 7.05 Å². The topological polar surface area (TPSA) is 57.7 Å². The zero-order valence-electron chi connectivity index (χ0n) is 17.0. The molecule has 0 radical (unpaired) electrons. The van der Waals surface area contributed by atoms with Crippen LogP contribution in [0.1, 0.15) is 25.0 Å². The molecule has 0 bridgehead atoms. The average Bonchev–Trinajstić information content (AvgIpc) is 3.19. The highest BCUT2D eigenvalue weighted by Crippen LogP contribution is 2.29. The van der Waals surface area contributed by atoms with Crippen molar-refractivity contribution in [1.29, 1.82) is 0 Å². The number of pyridine rings is 1. The van der Waals surface area contributed by atoms with E-state index in [2.05, 4.69) is 26.2 Å². The van der Waals surface area contributed by atoms with E-state index >= 15 is 0 Å². The quantitative estimate of drug-likeness (QED) is 0.815. The van der Waals surface area contributed by atoms with E-state index < -0.39 is 0 Å². The molecule has 3 heterocycles. The Bertz CT molecular complexity index is 778. The average molecular weight is 395 g/mol. The van der Waals surface area contributed by atoms with Crippen LogP contribution < -0.4 is 10.1 Å². The Hall–Kier alpha value is -2.44. The number of aromatic nitrogens is 1. The summed E-state index contributed by atoms with van der Waals surface area (Å²) in [5.41, 5.74) is 1.12. The predicted octanol–water partition coefficient (Wildman–Crippen LogP) is 2.31. The van der Waals surface area contributed by atoms with Crippen LogP contribution in [0.5, 0.6) is 5.75 Å². The third kappa shape index (κ3) is 4.95. The third-order valence-electron chi connectivity index (χ3n) is 6.03. The van der Waals surface area contributed by atoms with E-state index in [-0.39, 0.29) is 18.1 Å². The van der Waals surface area contributed by atoms with Gasteiger partial charge in [0, 0.05) is 51.9 Å². The van der Waals surface area contributed by atoms with Gasteiger partial charge in [0.05, 0.1) is 11.7 Å². The summed E-state index contributed by atoms with van der Waals surface area (Å²) in [6.07, 6.45) is 4.78. The lowest BCUT2D eigenvalue weighted by Gasteiger charge is -2.38. The van der Waals surface area contributed by atoms with Crippen LogP contribution in [0.4, 0.5) is 0 Å². The first-order chi connectivity index (χ1) is 14.2. The van der Waals surface area contributed by atoms with Gasteiger partial charge in [-0.25, -0.2) is 0 Å². The molecule has 2 aliphatic heterocycles. The molecule has 0 saturated carbocycles. The molecule has 6 nitrogen and oxygen atoms in total. The molecule has 2 aliphatic rings. The van der Waals surface area contributed by atoms with E-state index in [0.717, 1.165) is 56.9 Å². The molecule has 1 amide bonds. The predicted molar refractivity (Wildman–Crippen MR) is 113 cm³/mol. The molecule has 4 rings (SSSR count). The molecule has 29 heavy (non-hydrogen) atoms. The first-order valence-corrected chi connectivity index (χ1v) is 10.5. The summed E-state index contributed by atoms with van der Waals surface area (Å²) in [4.78, 5) is 21.8. The van der Waals surface area contributed by atoms with Crippen LogP contribution in [0.25, 0.3) is 0 Å². The summed E-state index contributed by atoms with van der Waals surface area (Å²) in [5.74, 6) is 0.972. The van der Waals surface area contributed by atoms with Gasteiger partial charge in [-0.05, 0) is 37.1 Å². The minimum absolute atomic E-state index is 0.0475.